The van der Waals surface area contributed by atoms with Crippen LogP contribution in [0.25, 0.3) is 6.08 Å². The van der Waals surface area contributed by atoms with Crippen LogP contribution in [0.2, 0.25) is 10.0 Å². The molecule has 0 saturated carbocycles. The summed E-state index contributed by atoms with van der Waals surface area (Å²) in [4.78, 5) is 40.8. The Hall–Kier alpha value is -4.82. The lowest BCUT2D eigenvalue weighted by Crippen LogP contribution is -2.30. The predicted molar refractivity (Wildman–Crippen MR) is 184 cm³/mol. The fraction of sp³-hybridized carbons (Fsp3) is 0.0278. The third-order valence-corrected chi connectivity index (χ3v) is 8.62. The quantitative estimate of drug-likeness (QED) is 0.104. The molecule has 0 heterocycles. The van der Waals surface area contributed by atoms with E-state index < -0.39 is 17.1 Å². The summed E-state index contributed by atoms with van der Waals surface area (Å²) in [6, 6.07) is 39.5. The summed E-state index contributed by atoms with van der Waals surface area (Å²) in [5.41, 5.74) is 2.81. The second-order valence-electron chi connectivity index (χ2n) is 9.77. The lowest BCUT2D eigenvalue weighted by molar-refractivity contribution is -0.116. The van der Waals surface area contributed by atoms with Gasteiger partial charge in [0.05, 0.1) is 10.0 Å². The summed E-state index contributed by atoms with van der Waals surface area (Å²) in [6.45, 7) is 0. The second kappa shape index (κ2) is 15.3. The van der Waals surface area contributed by atoms with Crippen LogP contribution < -0.4 is 16.0 Å². The number of halogens is 2. The number of para-hydroxylation sites is 1. The molecule has 0 aliphatic carbocycles. The molecule has 0 aromatic heterocycles. The molecule has 0 spiro atoms. The first-order chi connectivity index (χ1) is 21.9. The zero-order valence-electron chi connectivity index (χ0n) is 23.7. The fourth-order valence-corrected chi connectivity index (χ4v) is 5.79. The van der Waals surface area contributed by atoms with Crippen LogP contribution in [0.15, 0.2) is 144 Å². The maximum absolute atomic E-state index is 13.6. The average molecular weight is 653 g/mol. The number of amides is 3. The zero-order valence-corrected chi connectivity index (χ0v) is 26.1. The zero-order chi connectivity index (χ0) is 31.6. The Morgan fingerprint density at radius 2 is 1.29 bits per heavy atom. The number of carbonyl (C=O) groups is 3. The summed E-state index contributed by atoms with van der Waals surface area (Å²) < 4.78 is 0. The Kier molecular flexibility index (Phi) is 10.7. The van der Waals surface area contributed by atoms with Crippen LogP contribution in [-0.2, 0) is 9.59 Å². The van der Waals surface area contributed by atoms with Crippen molar-refractivity contribution in [3.8, 4) is 0 Å². The summed E-state index contributed by atoms with van der Waals surface area (Å²) in [7, 11) is 0. The molecule has 45 heavy (non-hydrogen) atoms. The van der Waals surface area contributed by atoms with E-state index in [1.165, 1.54) is 17.8 Å². The van der Waals surface area contributed by atoms with E-state index in [9.17, 15) is 14.4 Å². The number of rotatable bonds is 10. The van der Waals surface area contributed by atoms with Crippen molar-refractivity contribution in [2.45, 2.75) is 10.1 Å². The minimum Gasteiger partial charge on any atom is -0.325 e. The molecule has 3 amide bonds. The first-order valence-corrected chi connectivity index (χ1v) is 15.5. The molecule has 3 N–H and O–H groups in total. The maximum atomic E-state index is 13.6. The molecule has 1 atom stereocenters. The van der Waals surface area contributed by atoms with Gasteiger partial charge in [-0.15, -0.1) is 11.8 Å². The first kappa shape index (κ1) is 31.6. The summed E-state index contributed by atoms with van der Waals surface area (Å²) in [5, 5.41) is 8.55. The maximum Gasteiger partial charge on any atom is 0.272 e. The van der Waals surface area contributed by atoms with Crippen molar-refractivity contribution in [2.75, 3.05) is 10.6 Å². The van der Waals surface area contributed by atoms with Crippen LogP contribution in [0.1, 0.15) is 26.7 Å². The van der Waals surface area contributed by atoms with Gasteiger partial charge < -0.3 is 16.0 Å². The first-order valence-electron chi connectivity index (χ1n) is 13.9. The van der Waals surface area contributed by atoms with Crippen LogP contribution >= 0.6 is 35.0 Å². The largest absolute Gasteiger partial charge is 0.325 e. The van der Waals surface area contributed by atoms with E-state index in [2.05, 4.69) is 16.0 Å². The third-order valence-electron chi connectivity index (χ3n) is 6.54. The number of hydrogen-bond donors (Lipinski definition) is 3. The molecule has 6 nitrogen and oxygen atoms in total. The van der Waals surface area contributed by atoms with Gasteiger partial charge in [0.2, 0.25) is 5.91 Å². The van der Waals surface area contributed by atoms with Crippen LogP contribution in [-0.4, -0.2) is 17.7 Å². The summed E-state index contributed by atoms with van der Waals surface area (Å²) in [5.74, 6) is -1.22. The van der Waals surface area contributed by atoms with Gasteiger partial charge in [-0.25, -0.2) is 0 Å². The molecule has 1 unspecified atom stereocenters. The standard InChI is InChI=1S/C36H27Cl2N3O3S/c37-30-21-10-16-26(32(30)38)22-31(41-34(42)25-14-6-2-7-15-25)35(43)40-28-19-11-20-29(23-28)45-33(24-12-4-1-5-13-24)36(44)39-27-17-8-3-9-18-27/h1-23,33H,(H,39,44)(H,40,43)(H,41,42)/b31-22+. The topological polar surface area (TPSA) is 87.3 Å². The monoisotopic (exact) mass is 651 g/mol. The van der Waals surface area contributed by atoms with Crippen LogP contribution in [0.5, 0.6) is 0 Å². The molecule has 0 bridgehead atoms. The fourth-order valence-electron chi connectivity index (χ4n) is 4.34. The molecule has 5 aromatic rings. The Morgan fingerprint density at radius 3 is 2.00 bits per heavy atom. The second-order valence-corrected chi connectivity index (χ2v) is 11.7. The van der Waals surface area contributed by atoms with Crippen LogP contribution in [0.3, 0.4) is 0 Å². The van der Waals surface area contributed by atoms with Gasteiger partial charge >= 0.3 is 0 Å². The third kappa shape index (κ3) is 8.64. The van der Waals surface area contributed by atoms with Gasteiger partial charge in [-0.2, -0.15) is 0 Å². The molecule has 0 radical (unpaired) electrons. The highest BCUT2D eigenvalue weighted by atomic mass is 35.5. The molecule has 5 rings (SSSR count). The van der Waals surface area contributed by atoms with E-state index in [0.717, 1.165) is 10.5 Å². The Morgan fingerprint density at radius 1 is 0.667 bits per heavy atom. The SMILES string of the molecule is O=C(Nc1cccc(SC(C(=O)Nc2ccccc2)c2ccccc2)c1)/C(=C\c1cccc(Cl)c1Cl)NC(=O)c1ccccc1. The van der Waals surface area contributed by atoms with E-state index in [-0.39, 0.29) is 16.6 Å². The van der Waals surface area contributed by atoms with Crippen molar-refractivity contribution >= 4 is 70.1 Å². The van der Waals surface area contributed by atoms with Crippen LogP contribution in [0, 0.1) is 0 Å². The van der Waals surface area contributed by atoms with E-state index in [0.29, 0.717) is 27.5 Å². The Balaban J connectivity index is 1.39. The van der Waals surface area contributed by atoms with Crippen molar-refractivity contribution in [1.82, 2.24) is 5.32 Å². The number of hydrogen-bond acceptors (Lipinski definition) is 4. The van der Waals surface area contributed by atoms with Gasteiger partial charge in [-0.05, 0) is 65.7 Å². The van der Waals surface area contributed by atoms with E-state index in [4.69, 9.17) is 23.2 Å². The van der Waals surface area contributed by atoms with Crippen molar-refractivity contribution in [1.29, 1.82) is 0 Å². The molecule has 0 saturated heterocycles. The van der Waals surface area contributed by atoms with Gasteiger partial charge in [-0.1, -0.05) is 108 Å². The lowest BCUT2D eigenvalue weighted by Gasteiger charge is -2.18. The highest BCUT2D eigenvalue weighted by Crippen LogP contribution is 2.37. The molecular weight excluding hydrogens is 625 g/mol. The van der Waals surface area contributed by atoms with Crippen LogP contribution in [0.4, 0.5) is 11.4 Å². The summed E-state index contributed by atoms with van der Waals surface area (Å²) in [6.07, 6.45) is 1.47. The van der Waals surface area contributed by atoms with Gasteiger partial charge in [0, 0.05) is 21.8 Å². The number of benzene rings is 5. The molecule has 0 aliphatic rings. The highest BCUT2D eigenvalue weighted by molar-refractivity contribution is 8.00. The predicted octanol–water partition coefficient (Wildman–Crippen LogP) is 8.88. The van der Waals surface area contributed by atoms with Crippen molar-refractivity contribution in [3.63, 3.8) is 0 Å². The van der Waals surface area contributed by atoms with Gasteiger partial charge in [-0.3, -0.25) is 14.4 Å². The van der Waals surface area contributed by atoms with Gasteiger partial charge in [0.25, 0.3) is 11.8 Å². The molecular formula is C36H27Cl2N3O3S. The van der Waals surface area contributed by atoms with Crippen molar-refractivity contribution < 1.29 is 14.4 Å². The normalized spacial score (nSPS) is 11.7. The number of nitrogens with one attached hydrogen (secondary N) is 3. The number of thioether (sulfide) groups is 1. The minimum atomic E-state index is -0.570. The summed E-state index contributed by atoms with van der Waals surface area (Å²) >= 11 is 13.9. The number of carbonyl (C=O) groups excluding carboxylic acids is 3. The van der Waals surface area contributed by atoms with E-state index in [1.807, 2.05) is 66.7 Å². The highest BCUT2D eigenvalue weighted by Gasteiger charge is 2.23. The van der Waals surface area contributed by atoms with Crippen molar-refractivity contribution in [3.05, 3.63) is 166 Å². The Bertz CT molecular complexity index is 1840. The average Bonchev–Trinajstić information content (AvgIpc) is 3.06. The van der Waals surface area contributed by atoms with E-state index >= 15 is 0 Å². The van der Waals surface area contributed by atoms with Gasteiger partial charge in [0.15, 0.2) is 0 Å². The number of anilines is 2. The minimum absolute atomic E-state index is 0.0320. The van der Waals surface area contributed by atoms with Crippen molar-refractivity contribution in [2.24, 2.45) is 0 Å². The molecule has 0 aliphatic heterocycles. The van der Waals surface area contributed by atoms with E-state index in [1.54, 1.807) is 66.7 Å². The smallest absolute Gasteiger partial charge is 0.272 e. The Labute approximate surface area is 275 Å². The van der Waals surface area contributed by atoms with Gasteiger partial charge in [0.1, 0.15) is 10.9 Å². The molecule has 5 aromatic carbocycles. The molecule has 0 fully saturated rings. The molecule has 9 heteroatoms. The molecule has 224 valence electrons. The lowest BCUT2D eigenvalue weighted by atomic mass is 10.1.